The molecule has 0 heterocycles. The fourth-order valence-corrected chi connectivity index (χ4v) is 2.75. The van der Waals surface area contributed by atoms with E-state index in [1.165, 1.54) is 12.1 Å². The molecule has 0 aliphatic heterocycles. The number of hydrogen-bond acceptors (Lipinski definition) is 6. The van der Waals surface area contributed by atoms with Crippen LogP contribution >= 0.6 is 0 Å². The maximum atomic E-state index is 12.1. The number of anilines is 2. The standard InChI is InChI=1S/C20H23N3O5/c1-4-22(5-2)16-11-9-15(10-12-16)20(25)28-13-18(24)21-19-14(3)7-6-8-17(19)23(26)27/h6-12H,4-5,13H2,1-3H3,(H,21,24). The summed E-state index contributed by atoms with van der Waals surface area (Å²) >= 11 is 0. The molecule has 0 aliphatic carbocycles. The molecule has 0 spiro atoms. The molecule has 148 valence electrons. The topological polar surface area (TPSA) is 102 Å². The van der Waals surface area contributed by atoms with Crippen molar-refractivity contribution in [2.45, 2.75) is 20.8 Å². The first-order chi connectivity index (χ1) is 13.4. The SMILES string of the molecule is CCN(CC)c1ccc(C(=O)OCC(=O)Nc2c(C)cccc2[N+](=O)[O-])cc1. The Hall–Kier alpha value is -3.42. The fourth-order valence-electron chi connectivity index (χ4n) is 2.75. The molecule has 1 N–H and O–H groups in total. The molecule has 0 aromatic heterocycles. The maximum absolute atomic E-state index is 12.1. The van der Waals surface area contributed by atoms with E-state index in [2.05, 4.69) is 10.2 Å². The molecule has 0 saturated heterocycles. The van der Waals surface area contributed by atoms with Crippen molar-refractivity contribution in [1.29, 1.82) is 0 Å². The molecular weight excluding hydrogens is 362 g/mol. The van der Waals surface area contributed by atoms with Gasteiger partial charge in [-0.25, -0.2) is 4.79 Å². The number of amides is 1. The summed E-state index contributed by atoms with van der Waals surface area (Å²) in [7, 11) is 0. The van der Waals surface area contributed by atoms with Crippen molar-refractivity contribution in [3.05, 3.63) is 63.7 Å². The van der Waals surface area contributed by atoms with Gasteiger partial charge in [-0.1, -0.05) is 12.1 Å². The third kappa shape index (κ3) is 5.06. The molecule has 2 aromatic carbocycles. The molecule has 0 aliphatic rings. The molecule has 1 amide bonds. The number of nitrogens with one attached hydrogen (secondary N) is 1. The van der Waals surface area contributed by atoms with Crippen LogP contribution in [0.1, 0.15) is 29.8 Å². The van der Waals surface area contributed by atoms with Gasteiger partial charge in [0.15, 0.2) is 6.61 Å². The van der Waals surface area contributed by atoms with Gasteiger partial charge in [0.25, 0.3) is 11.6 Å². The number of para-hydroxylation sites is 1. The Morgan fingerprint density at radius 3 is 2.32 bits per heavy atom. The van der Waals surface area contributed by atoms with Gasteiger partial charge < -0.3 is 15.0 Å². The first-order valence-corrected chi connectivity index (χ1v) is 8.93. The summed E-state index contributed by atoms with van der Waals surface area (Å²) < 4.78 is 5.02. The Morgan fingerprint density at radius 2 is 1.75 bits per heavy atom. The summed E-state index contributed by atoms with van der Waals surface area (Å²) in [5.74, 6) is -1.29. The number of aryl methyl sites for hydroxylation is 1. The van der Waals surface area contributed by atoms with Crippen LogP contribution in [0.4, 0.5) is 17.1 Å². The van der Waals surface area contributed by atoms with Crippen molar-refractivity contribution in [3.63, 3.8) is 0 Å². The zero-order valence-electron chi connectivity index (χ0n) is 16.1. The van der Waals surface area contributed by atoms with Gasteiger partial charge >= 0.3 is 5.97 Å². The molecule has 0 unspecified atom stereocenters. The quantitative estimate of drug-likeness (QED) is 0.424. The summed E-state index contributed by atoms with van der Waals surface area (Å²) in [4.78, 5) is 36.9. The van der Waals surface area contributed by atoms with Gasteiger partial charge in [0.1, 0.15) is 5.69 Å². The third-order valence-corrected chi connectivity index (χ3v) is 4.28. The van der Waals surface area contributed by atoms with Gasteiger partial charge in [-0.3, -0.25) is 14.9 Å². The first kappa shape index (κ1) is 20.9. The van der Waals surface area contributed by atoms with E-state index < -0.39 is 23.4 Å². The number of carbonyl (C=O) groups is 2. The summed E-state index contributed by atoms with van der Waals surface area (Å²) in [5.41, 5.74) is 1.74. The lowest BCUT2D eigenvalue weighted by atomic mass is 10.1. The van der Waals surface area contributed by atoms with Crippen LogP contribution < -0.4 is 10.2 Å². The number of nitro groups is 1. The zero-order valence-corrected chi connectivity index (χ0v) is 16.1. The Balaban J connectivity index is 1.98. The van der Waals surface area contributed by atoms with E-state index in [-0.39, 0.29) is 11.4 Å². The van der Waals surface area contributed by atoms with E-state index in [1.807, 2.05) is 26.0 Å². The molecule has 0 radical (unpaired) electrons. The van der Waals surface area contributed by atoms with Crippen LogP contribution in [0.3, 0.4) is 0 Å². The monoisotopic (exact) mass is 385 g/mol. The number of hydrogen-bond donors (Lipinski definition) is 1. The third-order valence-electron chi connectivity index (χ3n) is 4.28. The smallest absolute Gasteiger partial charge is 0.338 e. The Bertz CT molecular complexity index is 861. The van der Waals surface area contributed by atoms with Gasteiger partial charge in [-0.05, 0) is 50.6 Å². The molecule has 0 saturated carbocycles. The number of nitro benzene ring substituents is 1. The van der Waals surface area contributed by atoms with Gasteiger partial charge in [0.2, 0.25) is 0 Å². The predicted molar refractivity (Wildman–Crippen MR) is 107 cm³/mol. The largest absolute Gasteiger partial charge is 0.452 e. The van der Waals surface area contributed by atoms with Crippen molar-refractivity contribution < 1.29 is 19.2 Å². The summed E-state index contributed by atoms with van der Waals surface area (Å²) in [6, 6.07) is 11.4. The average molecular weight is 385 g/mol. The molecule has 28 heavy (non-hydrogen) atoms. The fraction of sp³-hybridized carbons (Fsp3) is 0.300. The van der Waals surface area contributed by atoms with Crippen molar-refractivity contribution in [1.82, 2.24) is 0 Å². The second kappa shape index (κ2) is 9.50. The Labute approximate surface area is 163 Å². The van der Waals surface area contributed by atoms with Crippen LogP contribution in [0.25, 0.3) is 0 Å². The highest BCUT2D eigenvalue weighted by Gasteiger charge is 2.18. The van der Waals surface area contributed by atoms with Crippen LogP contribution in [-0.2, 0) is 9.53 Å². The number of esters is 1. The van der Waals surface area contributed by atoms with Gasteiger partial charge in [-0.15, -0.1) is 0 Å². The summed E-state index contributed by atoms with van der Waals surface area (Å²) in [6.07, 6.45) is 0. The molecule has 0 atom stereocenters. The minimum atomic E-state index is -0.648. The number of benzene rings is 2. The molecule has 8 heteroatoms. The van der Waals surface area contributed by atoms with Crippen molar-refractivity contribution in [2.24, 2.45) is 0 Å². The molecule has 8 nitrogen and oxygen atoms in total. The first-order valence-electron chi connectivity index (χ1n) is 8.93. The highest BCUT2D eigenvalue weighted by atomic mass is 16.6. The van der Waals surface area contributed by atoms with Crippen LogP contribution in [0.2, 0.25) is 0 Å². The van der Waals surface area contributed by atoms with Crippen LogP contribution in [0.5, 0.6) is 0 Å². The molecular formula is C20H23N3O5. The predicted octanol–water partition coefficient (Wildman–Crippen LogP) is 3.54. The van der Waals surface area contributed by atoms with Crippen LogP contribution in [0.15, 0.2) is 42.5 Å². The highest BCUT2D eigenvalue weighted by Crippen LogP contribution is 2.27. The minimum absolute atomic E-state index is 0.0946. The second-order valence-corrected chi connectivity index (χ2v) is 6.07. The van der Waals surface area contributed by atoms with Gasteiger partial charge in [0.05, 0.1) is 10.5 Å². The maximum Gasteiger partial charge on any atom is 0.338 e. The molecule has 2 rings (SSSR count). The van der Waals surface area contributed by atoms with E-state index in [4.69, 9.17) is 4.74 Å². The number of nitrogens with zero attached hydrogens (tertiary/aromatic N) is 2. The second-order valence-electron chi connectivity index (χ2n) is 6.07. The van der Waals surface area contributed by atoms with E-state index in [0.717, 1.165) is 18.8 Å². The summed E-state index contributed by atoms with van der Waals surface area (Å²) in [6.45, 7) is 6.90. The van der Waals surface area contributed by atoms with Crippen molar-refractivity contribution >= 4 is 28.9 Å². The number of rotatable bonds is 8. The lowest BCUT2D eigenvalue weighted by molar-refractivity contribution is -0.384. The van der Waals surface area contributed by atoms with Crippen LogP contribution in [-0.4, -0.2) is 36.5 Å². The number of carbonyl (C=O) groups excluding carboxylic acids is 2. The zero-order chi connectivity index (χ0) is 20.7. The highest BCUT2D eigenvalue weighted by molar-refractivity contribution is 5.97. The Kier molecular flexibility index (Phi) is 7.08. The lowest BCUT2D eigenvalue weighted by Crippen LogP contribution is -2.22. The normalized spacial score (nSPS) is 10.2. The number of ether oxygens (including phenoxy) is 1. The minimum Gasteiger partial charge on any atom is -0.452 e. The van der Waals surface area contributed by atoms with Crippen molar-refractivity contribution in [2.75, 3.05) is 29.9 Å². The average Bonchev–Trinajstić information content (AvgIpc) is 2.69. The van der Waals surface area contributed by atoms with Crippen molar-refractivity contribution in [3.8, 4) is 0 Å². The molecule has 0 fully saturated rings. The molecule has 0 bridgehead atoms. The molecule has 2 aromatic rings. The lowest BCUT2D eigenvalue weighted by Gasteiger charge is -2.20. The summed E-state index contributed by atoms with van der Waals surface area (Å²) in [5, 5.41) is 13.5. The van der Waals surface area contributed by atoms with E-state index >= 15 is 0 Å². The van der Waals surface area contributed by atoms with Gasteiger partial charge in [0, 0.05) is 24.8 Å². The van der Waals surface area contributed by atoms with E-state index in [1.54, 1.807) is 25.1 Å². The Morgan fingerprint density at radius 1 is 1.11 bits per heavy atom. The van der Waals surface area contributed by atoms with Crippen LogP contribution in [0, 0.1) is 17.0 Å². The van der Waals surface area contributed by atoms with Gasteiger partial charge in [-0.2, -0.15) is 0 Å². The van der Waals surface area contributed by atoms with E-state index in [0.29, 0.717) is 11.1 Å². The van der Waals surface area contributed by atoms with E-state index in [9.17, 15) is 19.7 Å².